The van der Waals surface area contributed by atoms with Gasteiger partial charge in [-0.25, -0.2) is 4.90 Å². The smallest absolute Gasteiger partial charge is 0.308 e. The van der Waals surface area contributed by atoms with Crippen molar-refractivity contribution in [1.82, 2.24) is 4.57 Å². The van der Waals surface area contributed by atoms with Crippen molar-refractivity contribution in [2.75, 3.05) is 10.2 Å². The number of rotatable bonds is 5. The topological polar surface area (TPSA) is 88.5 Å². The fourth-order valence-electron chi connectivity index (χ4n) is 5.85. The summed E-state index contributed by atoms with van der Waals surface area (Å²) in [5.74, 6) is -2.68. The second-order valence-electron chi connectivity index (χ2n) is 10.2. The highest BCUT2D eigenvalue weighted by Gasteiger charge is 2.57. The Morgan fingerprint density at radius 2 is 1.56 bits per heavy atom. The lowest BCUT2D eigenvalue weighted by atomic mass is 9.83. The second kappa shape index (κ2) is 11.0. The number of benzene rings is 4. The number of nitrogens with one attached hydrogen (secondary N) is 1. The van der Waals surface area contributed by atoms with Gasteiger partial charge in [0.05, 0.1) is 26.7 Å². The molecule has 0 saturated carbocycles. The van der Waals surface area contributed by atoms with Crippen molar-refractivity contribution in [2.24, 2.45) is 5.92 Å². The average Bonchev–Trinajstić information content (AvgIpc) is 3.45. The lowest BCUT2D eigenvalue weighted by Crippen LogP contribution is -2.33. The molecule has 3 atom stereocenters. The van der Waals surface area contributed by atoms with Crippen LogP contribution in [0.4, 0.5) is 11.4 Å². The molecule has 2 unspecified atom stereocenters. The fourth-order valence-corrected chi connectivity index (χ4v) is 9.04. The number of amides is 3. The summed E-state index contributed by atoms with van der Waals surface area (Å²) in [4.78, 5) is 56.1. The van der Waals surface area contributed by atoms with Crippen LogP contribution in [0.5, 0.6) is 0 Å². The first-order chi connectivity index (χ1) is 20.8. The molecule has 1 aromatic heterocycles. The van der Waals surface area contributed by atoms with Gasteiger partial charge >= 0.3 is 4.87 Å². The Kier molecular flexibility index (Phi) is 7.13. The van der Waals surface area contributed by atoms with Gasteiger partial charge in [-0.3, -0.25) is 23.7 Å². The highest BCUT2D eigenvalue weighted by atomic mass is 35.5. The number of imide groups is 1. The van der Waals surface area contributed by atoms with Crippen molar-refractivity contribution in [3.05, 3.63) is 121 Å². The maximum atomic E-state index is 14.0. The SMILES string of the molecule is O=C(Cn1c2c(sc1=O)[C@H](c1cccc(Cl)c1Cl)C1C(=O)N(c3ccccc3)C(=O)C1S2)Nc1cccc2ccccc12. The summed E-state index contributed by atoms with van der Waals surface area (Å²) in [6.45, 7) is -0.265. The summed E-state index contributed by atoms with van der Waals surface area (Å²) >= 11 is 15.2. The molecule has 0 spiro atoms. The lowest BCUT2D eigenvalue weighted by Gasteiger charge is -2.31. The Morgan fingerprint density at radius 3 is 2.37 bits per heavy atom. The predicted octanol–water partition coefficient (Wildman–Crippen LogP) is 6.80. The molecule has 0 radical (unpaired) electrons. The van der Waals surface area contributed by atoms with Crippen LogP contribution < -0.4 is 15.1 Å². The van der Waals surface area contributed by atoms with E-state index < -0.39 is 17.1 Å². The number of carbonyl (C=O) groups is 3. The first kappa shape index (κ1) is 27.9. The molecule has 3 amide bonds. The van der Waals surface area contributed by atoms with E-state index in [0.29, 0.717) is 31.9 Å². The minimum Gasteiger partial charge on any atom is -0.324 e. The molecular weight excluding hydrogens is 625 g/mol. The number of fused-ring (bicyclic) bond motifs is 3. The number of hydrogen-bond acceptors (Lipinski definition) is 6. The van der Waals surface area contributed by atoms with Crippen LogP contribution in [0.25, 0.3) is 10.8 Å². The van der Waals surface area contributed by atoms with Crippen LogP contribution in [0.3, 0.4) is 0 Å². The molecule has 4 aromatic carbocycles. The van der Waals surface area contributed by atoms with Crippen LogP contribution >= 0.6 is 46.3 Å². The molecule has 7 nitrogen and oxygen atoms in total. The van der Waals surface area contributed by atoms with Crippen LogP contribution in [0.1, 0.15) is 16.4 Å². The third kappa shape index (κ3) is 4.67. The number of anilines is 2. The molecule has 1 fully saturated rings. The molecule has 5 aromatic rings. The van der Waals surface area contributed by atoms with E-state index in [1.165, 1.54) is 9.47 Å². The molecule has 2 aliphatic heterocycles. The maximum Gasteiger partial charge on any atom is 0.308 e. The van der Waals surface area contributed by atoms with E-state index in [9.17, 15) is 19.2 Å². The first-order valence-corrected chi connectivity index (χ1v) is 15.8. The summed E-state index contributed by atoms with van der Waals surface area (Å²) in [6, 6.07) is 27.2. The van der Waals surface area contributed by atoms with Crippen LogP contribution in [-0.2, 0) is 20.9 Å². The number of halogens is 2. The van der Waals surface area contributed by atoms with Crippen molar-refractivity contribution in [1.29, 1.82) is 0 Å². The van der Waals surface area contributed by atoms with Crippen LogP contribution in [0, 0.1) is 5.92 Å². The highest BCUT2D eigenvalue weighted by molar-refractivity contribution is 8.00. The zero-order valence-electron chi connectivity index (χ0n) is 22.2. The number of thioether (sulfide) groups is 1. The summed E-state index contributed by atoms with van der Waals surface area (Å²) in [6.07, 6.45) is 0. The standard InChI is InChI=1S/C32H21Cl2N3O4S2/c33-21-14-7-13-20(26(21)34)24-25-27(30(40)37(29(25)39)18-10-2-1-3-11-18)42-31-28(24)43-32(41)36(31)16-23(38)35-22-15-6-9-17-8-4-5-12-19(17)22/h1-15,24-25,27H,16H2,(H,35,38)/t24-,25?,27?/m1/s1. The number of para-hydroxylation sites is 1. The summed E-state index contributed by atoms with van der Waals surface area (Å²) in [5.41, 5.74) is 1.65. The second-order valence-corrected chi connectivity index (χ2v) is 13.1. The zero-order valence-corrected chi connectivity index (χ0v) is 25.3. The molecule has 214 valence electrons. The zero-order chi connectivity index (χ0) is 29.8. The van der Waals surface area contributed by atoms with Crippen LogP contribution in [0.2, 0.25) is 10.0 Å². The Hall–Kier alpha value is -3.89. The highest BCUT2D eigenvalue weighted by Crippen LogP contribution is 2.55. The van der Waals surface area contributed by atoms with Crippen molar-refractivity contribution in [3.8, 4) is 0 Å². The van der Waals surface area contributed by atoms with Gasteiger partial charge in [0.25, 0.3) is 0 Å². The Morgan fingerprint density at radius 1 is 0.837 bits per heavy atom. The maximum absolute atomic E-state index is 14.0. The van der Waals surface area contributed by atoms with Crippen molar-refractivity contribution < 1.29 is 14.4 Å². The van der Waals surface area contributed by atoms with Gasteiger partial charge in [0, 0.05) is 21.9 Å². The third-order valence-corrected chi connectivity index (χ3v) is 11.2. The van der Waals surface area contributed by atoms with E-state index in [4.69, 9.17) is 23.2 Å². The summed E-state index contributed by atoms with van der Waals surface area (Å²) in [5, 5.41) is 4.98. The van der Waals surface area contributed by atoms with Gasteiger partial charge in [-0.1, -0.05) is 113 Å². The van der Waals surface area contributed by atoms with Gasteiger partial charge in [-0.2, -0.15) is 0 Å². The van der Waals surface area contributed by atoms with Crippen molar-refractivity contribution in [2.45, 2.75) is 22.7 Å². The summed E-state index contributed by atoms with van der Waals surface area (Å²) < 4.78 is 1.38. The number of nitrogens with zero attached hydrogens (tertiary/aromatic N) is 2. The number of aromatic nitrogens is 1. The van der Waals surface area contributed by atoms with E-state index in [1.54, 1.807) is 42.5 Å². The van der Waals surface area contributed by atoms with Crippen molar-refractivity contribution in [3.63, 3.8) is 0 Å². The molecule has 2 aliphatic rings. The lowest BCUT2D eigenvalue weighted by molar-refractivity contribution is -0.122. The Labute approximate surface area is 264 Å². The van der Waals surface area contributed by atoms with Gasteiger partial charge in [0.15, 0.2) is 0 Å². The largest absolute Gasteiger partial charge is 0.324 e. The molecule has 11 heteroatoms. The average molecular weight is 647 g/mol. The summed E-state index contributed by atoms with van der Waals surface area (Å²) in [7, 11) is 0. The van der Waals surface area contributed by atoms with E-state index in [1.807, 2.05) is 48.5 Å². The van der Waals surface area contributed by atoms with Crippen LogP contribution in [0.15, 0.2) is 101 Å². The minimum absolute atomic E-state index is 0.255. The van der Waals surface area contributed by atoms with Crippen molar-refractivity contribution >= 4 is 86.2 Å². The molecule has 3 heterocycles. The molecule has 43 heavy (non-hydrogen) atoms. The predicted molar refractivity (Wildman–Crippen MR) is 172 cm³/mol. The minimum atomic E-state index is -0.832. The van der Waals surface area contributed by atoms with E-state index in [0.717, 1.165) is 33.9 Å². The molecule has 0 bridgehead atoms. The Balaban J connectivity index is 1.30. The monoisotopic (exact) mass is 645 g/mol. The van der Waals surface area contributed by atoms with E-state index in [-0.39, 0.29) is 34.2 Å². The Bertz CT molecular complexity index is 2000. The van der Waals surface area contributed by atoms with E-state index in [2.05, 4.69) is 5.32 Å². The number of thiazole rings is 1. The van der Waals surface area contributed by atoms with Crippen LogP contribution in [-0.4, -0.2) is 27.5 Å². The van der Waals surface area contributed by atoms with Gasteiger partial charge in [-0.05, 0) is 35.2 Å². The van der Waals surface area contributed by atoms with Gasteiger partial charge < -0.3 is 5.32 Å². The number of hydrogen-bond donors (Lipinski definition) is 1. The van der Waals surface area contributed by atoms with Gasteiger partial charge in [0.2, 0.25) is 17.7 Å². The van der Waals surface area contributed by atoms with Gasteiger partial charge in [0.1, 0.15) is 11.8 Å². The van der Waals surface area contributed by atoms with E-state index >= 15 is 0 Å². The quantitative estimate of drug-likeness (QED) is 0.212. The third-order valence-electron chi connectivity index (χ3n) is 7.75. The molecule has 1 saturated heterocycles. The molecule has 0 aliphatic carbocycles. The van der Waals surface area contributed by atoms with Gasteiger partial charge in [-0.15, -0.1) is 0 Å². The molecular formula is C32H21Cl2N3O4S2. The molecule has 7 rings (SSSR count). The molecule has 1 N–H and O–H groups in total. The fraction of sp³-hybridized carbons (Fsp3) is 0.125. The normalized spacial score (nSPS) is 19.4. The number of carbonyl (C=O) groups excluding carboxylic acids is 3. The first-order valence-electron chi connectivity index (χ1n) is 13.4.